The predicted octanol–water partition coefficient (Wildman–Crippen LogP) is 1.42. The van der Waals surface area contributed by atoms with Crippen LogP contribution in [0.15, 0.2) is 24.8 Å². The van der Waals surface area contributed by atoms with Crippen molar-refractivity contribution in [3.05, 3.63) is 30.4 Å². The summed E-state index contributed by atoms with van der Waals surface area (Å²) in [6.07, 6.45) is 12.5. The van der Waals surface area contributed by atoms with Crippen LogP contribution in [-0.2, 0) is 0 Å². The standard InChI is InChI=1S/C12H17N5/c13-16-12(9-3-1-2-4-9)10-7-15-17-6-5-14-8-11(10)17/h5-9,12,16H,1-4,13H2. The molecule has 2 aromatic heterocycles. The number of nitrogens with one attached hydrogen (secondary N) is 1. The van der Waals surface area contributed by atoms with Crippen molar-refractivity contribution in [2.75, 3.05) is 0 Å². The Morgan fingerprint density at radius 3 is 2.94 bits per heavy atom. The monoisotopic (exact) mass is 231 g/mol. The van der Waals surface area contributed by atoms with Gasteiger partial charge in [-0.15, -0.1) is 0 Å². The third kappa shape index (κ3) is 1.81. The molecule has 3 rings (SSSR count). The number of hydrogen-bond donors (Lipinski definition) is 2. The first kappa shape index (κ1) is 10.7. The van der Waals surface area contributed by atoms with Gasteiger partial charge in [0.05, 0.1) is 24.0 Å². The van der Waals surface area contributed by atoms with Gasteiger partial charge in [0.15, 0.2) is 0 Å². The van der Waals surface area contributed by atoms with Crippen LogP contribution in [-0.4, -0.2) is 14.6 Å². The third-order valence-corrected chi connectivity index (χ3v) is 3.74. The van der Waals surface area contributed by atoms with Crippen LogP contribution in [0.1, 0.15) is 37.3 Å². The molecule has 1 unspecified atom stereocenters. The molecule has 1 aliphatic carbocycles. The SMILES string of the molecule is NNC(c1cnn2ccncc12)C1CCCC1. The van der Waals surface area contributed by atoms with Crippen LogP contribution in [0, 0.1) is 5.92 Å². The number of rotatable bonds is 3. The maximum atomic E-state index is 5.73. The summed E-state index contributed by atoms with van der Waals surface area (Å²) in [6, 6.07) is 0.194. The third-order valence-electron chi connectivity index (χ3n) is 3.74. The summed E-state index contributed by atoms with van der Waals surface area (Å²) < 4.78 is 1.85. The fourth-order valence-electron chi connectivity index (χ4n) is 2.86. The smallest absolute Gasteiger partial charge is 0.0893 e. The van der Waals surface area contributed by atoms with Gasteiger partial charge in [-0.2, -0.15) is 5.10 Å². The van der Waals surface area contributed by atoms with Crippen molar-refractivity contribution < 1.29 is 0 Å². The summed E-state index contributed by atoms with van der Waals surface area (Å²) >= 11 is 0. The molecule has 0 bridgehead atoms. The van der Waals surface area contributed by atoms with E-state index in [1.807, 2.05) is 23.1 Å². The van der Waals surface area contributed by atoms with Gasteiger partial charge >= 0.3 is 0 Å². The van der Waals surface area contributed by atoms with Gasteiger partial charge < -0.3 is 0 Å². The van der Waals surface area contributed by atoms with E-state index >= 15 is 0 Å². The quantitative estimate of drug-likeness (QED) is 0.619. The largest absolute Gasteiger partial charge is 0.271 e. The highest BCUT2D eigenvalue weighted by atomic mass is 15.3. The van der Waals surface area contributed by atoms with E-state index < -0.39 is 0 Å². The molecular formula is C12H17N5. The molecule has 1 fully saturated rings. The van der Waals surface area contributed by atoms with Crippen molar-refractivity contribution in [2.45, 2.75) is 31.7 Å². The highest BCUT2D eigenvalue weighted by Crippen LogP contribution is 2.36. The van der Waals surface area contributed by atoms with Gasteiger partial charge in [0, 0.05) is 18.0 Å². The van der Waals surface area contributed by atoms with Crippen molar-refractivity contribution in [1.29, 1.82) is 0 Å². The van der Waals surface area contributed by atoms with Crippen molar-refractivity contribution in [2.24, 2.45) is 11.8 Å². The van der Waals surface area contributed by atoms with Crippen LogP contribution in [0.3, 0.4) is 0 Å². The number of hydrogen-bond acceptors (Lipinski definition) is 4. The molecule has 3 N–H and O–H groups in total. The van der Waals surface area contributed by atoms with E-state index in [4.69, 9.17) is 5.84 Å². The number of aromatic nitrogens is 3. The van der Waals surface area contributed by atoms with Gasteiger partial charge in [-0.1, -0.05) is 12.8 Å². The van der Waals surface area contributed by atoms with E-state index in [1.165, 1.54) is 25.7 Å². The van der Waals surface area contributed by atoms with Gasteiger partial charge in [0.25, 0.3) is 0 Å². The first-order chi connectivity index (χ1) is 8.40. The fourth-order valence-corrected chi connectivity index (χ4v) is 2.86. The van der Waals surface area contributed by atoms with Crippen LogP contribution < -0.4 is 11.3 Å². The average molecular weight is 231 g/mol. The molecule has 2 heterocycles. The van der Waals surface area contributed by atoms with Crippen molar-refractivity contribution in [3.8, 4) is 0 Å². The second-order valence-corrected chi connectivity index (χ2v) is 4.69. The predicted molar refractivity (Wildman–Crippen MR) is 65.0 cm³/mol. The lowest BCUT2D eigenvalue weighted by atomic mass is 9.93. The molecule has 0 aliphatic heterocycles. The van der Waals surface area contributed by atoms with Gasteiger partial charge in [0.2, 0.25) is 0 Å². The highest BCUT2D eigenvalue weighted by Gasteiger charge is 2.27. The molecule has 1 atom stereocenters. The van der Waals surface area contributed by atoms with E-state index in [0.717, 1.165) is 11.1 Å². The zero-order valence-corrected chi connectivity index (χ0v) is 9.71. The van der Waals surface area contributed by atoms with Gasteiger partial charge in [-0.25, -0.2) is 4.52 Å². The minimum absolute atomic E-state index is 0.194. The maximum Gasteiger partial charge on any atom is 0.0893 e. The van der Waals surface area contributed by atoms with E-state index in [0.29, 0.717) is 5.92 Å². The Balaban J connectivity index is 2.00. The minimum Gasteiger partial charge on any atom is -0.271 e. The van der Waals surface area contributed by atoms with Crippen molar-refractivity contribution >= 4 is 5.52 Å². The first-order valence-electron chi connectivity index (χ1n) is 6.13. The van der Waals surface area contributed by atoms with Crippen LogP contribution in [0.25, 0.3) is 5.52 Å². The summed E-state index contributed by atoms with van der Waals surface area (Å²) in [5.74, 6) is 6.35. The molecular weight excluding hydrogens is 214 g/mol. The molecule has 90 valence electrons. The highest BCUT2D eigenvalue weighted by molar-refractivity contribution is 5.53. The minimum atomic E-state index is 0.194. The lowest BCUT2D eigenvalue weighted by Gasteiger charge is -2.21. The second-order valence-electron chi connectivity index (χ2n) is 4.69. The molecule has 0 amide bonds. The molecule has 1 saturated carbocycles. The zero-order chi connectivity index (χ0) is 11.7. The molecule has 5 nitrogen and oxygen atoms in total. The van der Waals surface area contributed by atoms with E-state index in [2.05, 4.69) is 15.5 Å². The summed E-state index contributed by atoms with van der Waals surface area (Å²) in [4.78, 5) is 4.16. The molecule has 2 aromatic rings. The summed E-state index contributed by atoms with van der Waals surface area (Å²) in [5.41, 5.74) is 5.16. The van der Waals surface area contributed by atoms with Crippen molar-refractivity contribution in [1.82, 2.24) is 20.0 Å². The topological polar surface area (TPSA) is 68.2 Å². The molecule has 17 heavy (non-hydrogen) atoms. The number of nitrogens with two attached hydrogens (primary N) is 1. The lowest BCUT2D eigenvalue weighted by Crippen LogP contribution is -2.32. The van der Waals surface area contributed by atoms with E-state index in [1.54, 1.807) is 6.20 Å². The molecule has 1 aliphatic rings. The zero-order valence-electron chi connectivity index (χ0n) is 9.71. The van der Waals surface area contributed by atoms with Crippen LogP contribution in [0.4, 0.5) is 0 Å². The number of fused-ring (bicyclic) bond motifs is 1. The molecule has 0 spiro atoms. The van der Waals surface area contributed by atoms with Gasteiger partial charge in [0.1, 0.15) is 0 Å². The fraction of sp³-hybridized carbons (Fsp3) is 0.500. The Morgan fingerprint density at radius 1 is 1.35 bits per heavy atom. The van der Waals surface area contributed by atoms with E-state index in [-0.39, 0.29) is 6.04 Å². The number of hydrazine groups is 1. The molecule has 0 saturated heterocycles. The van der Waals surface area contributed by atoms with Crippen LogP contribution in [0.2, 0.25) is 0 Å². The van der Waals surface area contributed by atoms with Crippen LogP contribution >= 0.6 is 0 Å². The molecule has 0 aromatic carbocycles. The Bertz CT molecular complexity index is 500. The average Bonchev–Trinajstić information content (AvgIpc) is 3.01. The summed E-state index contributed by atoms with van der Waals surface area (Å²) in [7, 11) is 0. The van der Waals surface area contributed by atoms with Crippen molar-refractivity contribution in [3.63, 3.8) is 0 Å². The molecule has 5 heteroatoms. The Hall–Kier alpha value is -1.46. The van der Waals surface area contributed by atoms with E-state index in [9.17, 15) is 0 Å². The molecule has 0 radical (unpaired) electrons. The second kappa shape index (κ2) is 4.43. The summed E-state index contributed by atoms with van der Waals surface area (Å²) in [6.45, 7) is 0. The summed E-state index contributed by atoms with van der Waals surface area (Å²) in [5, 5.41) is 4.34. The first-order valence-corrected chi connectivity index (χ1v) is 6.13. The van der Waals surface area contributed by atoms with Gasteiger partial charge in [-0.3, -0.25) is 16.3 Å². The Morgan fingerprint density at radius 2 is 2.18 bits per heavy atom. The lowest BCUT2D eigenvalue weighted by molar-refractivity contribution is 0.375. The maximum absolute atomic E-state index is 5.73. The number of nitrogens with zero attached hydrogens (tertiary/aromatic N) is 3. The van der Waals surface area contributed by atoms with Gasteiger partial charge in [-0.05, 0) is 18.8 Å². The Kier molecular flexibility index (Phi) is 2.78. The normalized spacial score (nSPS) is 18.9. The Labute approximate surface area is 100 Å². The van der Waals surface area contributed by atoms with Crippen LogP contribution in [0.5, 0.6) is 0 Å².